The smallest absolute Gasteiger partial charge is 0.246 e. The third-order valence-electron chi connectivity index (χ3n) is 6.47. The van der Waals surface area contributed by atoms with Gasteiger partial charge in [-0.05, 0) is 73.5 Å². The zero-order valence-corrected chi connectivity index (χ0v) is 16.4. The van der Waals surface area contributed by atoms with Crippen molar-refractivity contribution in [2.24, 2.45) is 27.3 Å². The highest BCUT2D eigenvalue weighted by Gasteiger charge is 2.62. The number of hydrogen-bond acceptors (Lipinski definition) is 3. The molecule has 0 spiro atoms. The fourth-order valence-electron chi connectivity index (χ4n) is 6.61. The molecule has 4 atom stereocenters. The summed E-state index contributed by atoms with van der Waals surface area (Å²) >= 11 is 3.38. The molecular formula is C20H25BrN2O2. The molecule has 1 aromatic rings. The molecule has 4 nitrogen and oxygen atoms in total. The maximum absolute atomic E-state index is 13.0. The lowest BCUT2D eigenvalue weighted by molar-refractivity contribution is -0.170. The van der Waals surface area contributed by atoms with Crippen LogP contribution in [-0.4, -0.2) is 17.2 Å². The molecule has 5 heteroatoms. The third kappa shape index (κ3) is 3.01. The van der Waals surface area contributed by atoms with Gasteiger partial charge in [-0.2, -0.15) is 5.10 Å². The standard InChI is InChI=1S/C20H25BrN2O2/c1-18-6-13-7-19(2,10-18)12-20(8-13,11-18)17(25)23-22-9-14-5-15(21)3-4-16(14)24/h3-5,9,13,24H,6-8,10-12H2,1-2H3,(H,23,25)/b22-9+/t13?,18-,19+,20?. The van der Waals surface area contributed by atoms with Crippen molar-refractivity contribution in [1.82, 2.24) is 5.43 Å². The van der Waals surface area contributed by atoms with E-state index < -0.39 is 0 Å². The highest BCUT2D eigenvalue weighted by atomic mass is 79.9. The van der Waals surface area contributed by atoms with E-state index in [0.29, 0.717) is 22.3 Å². The molecule has 2 unspecified atom stereocenters. The largest absolute Gasteiger partial charge is 0.507 e. The summed E-state index contributed by atoms with van der Waals surface area (Å²) in [7, 11) is 0. The van der Waals surface area contributed by atoms with E-state index in [0.717, 1.165) is 23.7 Å². The molecule has 4 saturated carbocycles. The number of hydrazone groups is 1. The number of amides is 1. The molecule has 4 bridgehead atoms. The van der Waals surface area contributed by atoms with Crippen molar-refractivity contribution in [2.45, 2.75) is 52.4 Å². The van der Waals surface area contributed by atoms with Crippen molar-refractivity contribution >= 4 is 28.1 Å². The maximum Gasteiger partial charge on any atom is 0.246 e. The van der Waals surface area contributed by atoms with Crippen LogP contribution in [0, 0.1) is 22.2 Å². The Balaban J connectivity index is 1.51. The van der Waals surface area contributed by atoms with E-state index in [4.69, 9.17) is 0 Å². The zero-order chi connectivity index (χ0) is 17.9. The molecule has 4 aliphatic carbocycles. The van der Waals surface area contributed by atoms with Gasteiger partial charge in [0.2, 0.25) is 5.91 Å². The Morgan fingerprint density at radius 1 is 1.24 bits per heavy atom. The molecule has 0 heterocycles. The summed E-state index contributed by atoms with van der Waals surface area (Å²) in [6, 6.07) is 5.15. The molecule has 4 fully saturated rings. The highest BCUT2D eigenvalue weighted by Crippen LogP contribution is 2.69. The summed E-state index contributed by atoms with van der Waals surface area (Å²) in [5.41, 5.74) is 3.70. The lowest BCUT2D eigenvalue weighted by Crippen LogP contribution is -2.59. The Morgan fingerprint density at radius 3 is 2.56 bits per heavy atom. The topological polar surface area (TPSA) is 61.7 Å². The number of nitrogens with zero attached hydrogens (tertiary/aromatic N) is 1. The molecule has 2 N–H and O–H groups in total. The fourth-order valence-corrected chi connectivity index (χ4v) is 6.99. The second kappa shape index (κ2) is 5.57. The molecule has 4 aliphatic rings. The van der Waals surface area contributed by atoms with Gasteiger partial charge in [0.25, 0.3) is 0 Å². The first-order valence-electron chi connectivity index (χ1n) is 9.03. The number of carbonyl (C=O) groups excluding carboxylic acids is 1. The molecule has 0 saturated heterocycles. The van der Waals surface area contributed by atoms with Crippen LogP contribution in [0.2, 0.25) is 0 Å². The molecule has 1 amide bonds. The molecular weight excluding hydrogens is 380 g/mol. The van der Waals surface area contributed by atoms with Crippen molar-refractivity contribution in [3.05, 3.63) is 28.2 Å². The second-order valence-electron chi connectivity index (χ2n) is 9.31. The molecule has 25 heavy (non-hydrogen) atoms. The Labute approximate surface area is 157 Å². The lowest BCUT2D eigenvalue weighted by Gasteiger charge is -2.64. The minimum Gasteiger partial charge on any atom is -0.507 e. The summed E-state index contributed by atoms with van der Waals surface area (Å²) in [5.74, 6) is 0.880. The normalized spacial score (nSPS) is 39.1. The summed E-state index contributed by atoms with van der Waals surface area (Å²) in [6.07, 6.45) is 8.27. The van der Waals surface area contributed by atoms with Gasteiger partial charge in [0, 0.05) is 10.0 Å². The first-order chi connectivity index (χ1) is 11.7. The first-order valence-corrected chi connectivity index (χ1v) is 9.82. The van der Waals surface area contributed by atoms with Gasteiger partial charge < -0.3 is 5.11 Å². The van der Waals surface area contributed by atoms with Crippen LogP contribution in [0.15, 0.2) is 27.8 Å². The van der Waals surface area contributed by atoms with E-state index >= 15 is 0 Å². The van der Waals surface area contributed by atoms with E-state index in [2.05, 4.69) is 40.3 Å². The second-order valence-corrected chi connectivity index (χ2v) is 10.2. The van der Waals surface area contributed by atoms with Gasteiger partial charge in [0.05, 0.1) is 11.6 Å². The minimum absolute atomic E-state index is 0.0554. The Kier molecular flexibility index (Phi) is 3.80. The predicted molar refractivity (Wildman–Crippen MR) is 101 cm³/mol. The Hall–Kier alpha value is -1.36. The van der Waals surface area contributed by atoms with Crippen LogP contribution in [0.25, 0.3) is 0 Å². The molecule has 0 aliphatic heterocycles. The number of hydrogen-bond donors (Lipinski definition) is 2. The fraction of sp³-hybridized carbons (Fsp3) is 0.600. The molecule has 0 aromatic heterocycles. The lowest BCUT2D eigenvalue weighted by atomic mass is 9.40. The van der Waals surface area contributed by atoms with Gasteiger partial charge >= 0.3 is 0 Å². The molecule has 5 rings (SSSR count). The van der Waals surface area contributed by atoms with E-state index in [1.807, 2.05) is 0 Å². The monoisotopic (exact) mass is 404 g/mol. The van der Waals surface area contributed by atoms with Crippen LogP contribution in [-0.2, 0) is 4.79 Å². The van der Waals surface area contributed by atoms with E-state index in [1.54, 1.807) is 18.2 Å². The van der Waals surface area contributed by atoms with Crippen LogP contribution in [0.4, 0.5) is 0 Å². The quantitative estimate of drug-likeness (QED) is 0.570. The summed E-state index contributed by atoms with van der Waals surface area (Å²) in [4.78, 5) is 13.0. The van der Waals surface area contributed by atoms with Gasteiger partial charge in [0.15, 0.2) is 0 Å². The summed E-state index contributed by atoms with van der Waals surface area (Å²) in [5, 5.41) is 14.0. The number of benzene rings is 1. The van der Waals surface area contributed by atoms with Gasteiger partial charge in [-0.25, -0.2) is 5.43 Å². The van der Waals surface area contributed by atoms with Gasteiger partial charge in [0.1, 0.15) is 5.75 Å². The number of carbonyl (C=O) groups is 1. The Morgan fingerprint density at radius 2 is 1.92 bits per heavy atom. The molecule has 1 aromatic carbocycles. The molecule has 134 valence electrons. The predicted octanol–water partition coefficient (Wildman–Crippen LogP) is 4.60. The summed E-state index contributed by atoms with van der Waals surface area (Å²) < 4.78 is 0.861. The van der Waals surface area contributed by atoms with Crippen molar-refractivity contribution in [1.29, 1.82) is 0 Å². The number of nitrogens with one attached hydrogen (secondary N) is 1. The van der Waals surface area contributed by atoms with Gasteiger partial charge in [-0.1, -0.05) is 29.8 Å². The number of halogens is 1. The average molecular weight is 405 g/mol. The van der Waals surface area contributed by atoms with Gasteiger partial charge in [-0.15, -0.1) is 0 Å². The van der Waals surface area contributed by atoms with Crippen LogP contribution >= 0.6 is 15.9 Å². The first kappa shape index (κ1) is 17.1. The van der Waals surface area contributed by atoms with Crippen molar-refractivity contribution in [3.8, 4) is 5.75 Å². The number of aromatic hydroxyl groups is 1. The SMILES string of the molecule is C[C@]12CC3CC(C(=O)N/N=C/c4cc(Br)ccc4O)(C1)C[C@@](C)(C3)C2. The number of phenolic OH excluding ortho intramolecular Hbond substituents is 1. The van der Waals surface area contributed by atoms with E-state index in [-0.39, 0.29) is 17.1 Å². The van der Waals surface area contributed by atoms with Crippen LogP contribution in [0.3, 0.4) is 0 Å². The number of rotatable bonds is 3. The highest BCUT2D eigenvalue weighted by molar-refractivity contribution is 9.10. The molecule has 0 radical (unpaired) electrons. The van der Waals surface area contributed by atoms with Crippen LogP contribution in [0.1, 0.15) is 57.9 Å². The van der Waals surface area contributed by atoms with E-state index in [9.17, 15) is 9.90 Å². The van der Waals surface area contributed by atoms with Crippen molar-refractivity contribution in [2.75, 3.05) is 0 Å². The minimum atomic E-state index is -0.264. The van der Waals surface area contributed by atoms with Crippen LogP contribution in [0.5, 0.6) is 5.75 Å². The van der Waals surface area contributed by atoms with E-state index in [1.165, 1.54) is 25.5 Å². The van der Waals surface area contributed by atoms with Crippen LogP contribution < -0.4 is 5.43 Å². The Bertz CT molecular complexity index is 742. The number of phenols is 1. The van der Waals surface area contributed by atoms with Crippen molar-refractivity contribution in [3.63, 3.8) is 0 Å². The van der Waals surface area contributed by atoms with Crippen molar-refractivity contribution < 1.29 is 9.90 Å². The zero-order valence-electron chi connectivity index (χ0n) is 14.8. The third-order valence-corrected chi connectivity index (χ3v) is 6.96. The maximum atomic E-state index is 13.0. The average Bonchev–Trinajstić information content (AvgIpc) is 2.47. The summed E-state index contributed by atoms with van der Waals surface area (Å²) in [6.45, 7) is 4.72. The van der Waals surface area contributed by atoms with Gasteiger partial charge in [-0.3, -0.25) is 4.79 Å².